The number of carbonyl (C=O) groups is 1. The van der Waals surface area contributed by atoms with Crippen molar-refractivity contribution in [3.8, 4) is 0 Å². The summed E-state index contributed by atoms with van der Waals surface area (Å²) in [6.45, 7) is 11.9. The van der Waals surface area contributed by atoms with Gasteiger partial charge >= 0.3 is 0 Å². The van der Waals surface area contributed by atoms with E-state index in [0.717, 1.165) is 19.4 Å². The molecule has 1 amide bonds. The molecule has 0 radical (unpaired) electrons. The lowest BCUT2D eigenvalue weighted by molar-refractivity contribution is -0.132. The van der Waals surface area contributed by atoms with E-state index < -0.39 is 0 Å². The number of hydrogen-bond donors (Lipinski definition) is 0. The first-order valence-electron chi connectivity index (χ1n) is 5.59. The van der Waals surface area contributed by atoms with Gasteiger partial charge in [-0.05, 0) is 32.1 Å². The smallest absolute Gasteiger partial charge is 0.236 e. The maximum Gasteiger partial charge on any atom is 0.236 e. The van der Waals surface area contributed by atoms with Crippen LogP contribution in [0.25, 0.3) is 0 Å². The van der Waals surface area contributed by atoms with Gasteiger partial charge in [-0.3, -0.25) is 4.79 Å². The maximum absolute atomic E-state index is 11.9. The molecule has 0 bridgehead atoms. The molecule has 0 saturated carbocycles. The van der Waals surface area contributed by atoms with E-state index in [1.54, 1.807) is 0 Å². The van der Waals surface area contributed by atoms with Crippen LogP contribution >= 0.6 is 15.9 Å². The Morgan fingerprint density at radius 2 is 1.87 bits per heavy atom. The first-order valence-corrected chi connectivity index (χ1v) is 6.51. The first kappa shape index (κ1) is 13.0. The van der Waals surface area contributed by atoms with Crippen LogP contribution in [0.15, 0.2) is 0 Å². The molecule has 1 aliphatic rings. The number of hydrogen-bond acceptors (Lipinski definition) is 1. The van der Waals surface area contributed by atoms with Crippen LogP contribution in [0, 0.1) is 5.41 Å². The van der Waals surface area contributed by atoms with Crippen molar-refractivity contribution in [2.24, 2.45) is 5.41 Å². The first-order chi connectivity index (χ1) is 6.63. The molecule has 1 saturated heterocycles. The van der Waals surface area contributed by atoms with Crippen molar-refractivity contribution < 1.29 is 4.79 Å². The molecule has 1 rings (SSSR count). The van der Waals surface area contributed by atoms with Gasteiger partial charge in [-0.25, -0.2) is 0 Å². The van der Waals surface area contributed by atoms with Gasteiger partial charge in [0.1, 0.15) is 0 Å². The molecule has 0 N–H and O–H groups in total. The summed E-state index contributed by atoms with van der Waals surface area (Å²) >= 11 is 3.42. The highest BCUT2D eigenvalue weighted by Gasteiger charge is 2.40. The van der Waals surface area contributed by atoms with Crippen LogP contribution in [0.4, 0.5) is 0 Å². The molecule has 1 fully saturated rings. The van der Waals surface area contributed by atoms with Gasteiger partial charge < -0.3 is 4.90 Å². The predicted molar refractivity (Wildman–Crippen MR) is 67.2 cm³/mol. The minimum Gasteiger partial charge on any atom is -0.337 e. The molecular weight excluding hydrogens is 254 g/mol. The van der Waals surface area contributed by atoms with Gasteiger partial charge in [-0.2, -0.15) is 0 Å². The Morgan fingerprint density at radius 3 is 2.20 bits per heavy atom. The van der Waals surface area contributed by atoms with E-state index in [9.17, 15) is 4.79 Å². The zero-order chi connectivity index (χ0) is 11.9. The molecule has 0 spiro atoms. The number of halogens is 1. The molecule has 0 aromatic heterocycles. The fourth-order valence-corrected chi connectivity index (χ4v) is 3.09. The highest BCUT2D eigenvalue weighted by molar-refractivity contribution is 9.10. The predicted octanol–water partition coefficient (Wildman–Crippen LogP) is 3.20. The van der Waals surface area contributed by atoms with Crippen molar-refractivity contribution in [3.63, 3.8) is 0 Å². The summed E-state index contributed by atoms with van der Waals surface area (Å²) in [6, 6.07) is 0. The third-order valence-corrected chi connectivity index (χ3v) is 3.68. The highest BCUT2D eigenvalue weighted by atomic mass is 79.9. The summed E-state index contributed by atoms with van der Waals surface area (Å²) in [4.78, 5) is 14.0. The van der Waals surface area contributed by atoms with E-state index in [0.29, 0.717) is 0 Å². The van der Waals surface area contributed by atoms with E-state index in [1.807, 2.05) is 4.90 Å². The van der Waals surface area contributed by atoms with Crippen molar-refractivity contribution >= 4 is 21.8 Å². The van der Waals surface area contributed by atoms with Gasteiger partial charge in [0.2, 0.25) is 5.91 Å². The van der Waals surface area contributed by atoms with Crippen molar-refractivity contribution in [1.29, 1.82) is 0 Å². The molecule has 15 heavy (non-hydrogen) atoms. The Kier molecular flexibility index (Phi) is 3.54. The molecule has 88 valence electrons. The minimum absolute atomic E-state index is 0.0299. The van der Waals surface area contributed by atoms with Crippen LogP contribution in [0.2, 0.25) is 0 Å². The van der Waals surface area contributed by atoms with E-state index in [1.165, 1.54) is 0 Å². The number of nitrogens with zero attached hydrogens (tertiary/aromatic N) is 1. The minimum atomic E-state index is -0.0299. The lowest BCUT2D eigenvalue weighted by Crippen LogP contribution is -2.47. The Balaban J connectivity index is 2.74. The topological polar surface area (TPSA) is 20.3 Å². The summed E-state index contributed by atoms with van der Waals surface area (Å²) in [5.74, 6) is 0.254. The Hall–Kier alpha value is -0.0500. The second-order valence-electron chi connectivity index (χ2n) is 6.30. The normalized spacial score (nSPS) is 23.7. The monoisotopic (exact) mass is 275 g/mol. The molecule has 0 aliphatic carbocycles. The largest absolute Gasteiger partial charge is 0.337 e. The molecule has 1 aliphatic heterocycles. The van der Waals surface area contributed by atoms with E-state index >= 15 is 0 Å². The third kappa shape index (κ3) is 3.20. The molecule has 2 nitrogen and oxygen atoms in total. The molecular formula is C12H22BrNO. The van der Waals surface area contributed by atoms with Crippen molar-refractivity contribution in [2.75, 3.05) is 6.54 Å². The summed E-state index contributed by atoms with van der Waals surface area (Å²) in [7, 11) is 0. The molecule has 1 unspecified atom stereocenters. The van der Waals surface area contributed by atoms with E-state index in [2.05, 4.69) is 50.5 Å². The number of rotatable bonds is 2. The molecule has 3 heteroatoms. The maximum atomic E-state index is 11.9. The Bertz CT molecular complexity index is 255. The standard InChI is InChI=1S/C12H22BrNO/c1-11(2,3)8-12(4,5)14-7-6-9(13)10(14)15/h9H,6-8H2,1-5H3. The average Bonchev–Trinajstić information content (AvgIpc) is 2.27. The second kappa shape index (κ2) is 4.08. The van der Waals surface area contributed by atoms with Crippen molar-refractivity contribution in [1.82, 2.24) is 4.90 Å². The van der Waals surface area contributed by atoms with Crippen LogP contribution in [0.5, 0.6) is 0 Å². The fraction of sp³-hybridized carbons (Fsp3) is 0.917. The third-order valence-electron chi connectivity index (χ3n) is 2.83. The van der Waals surface area contributed by atoms with Gasteiger partial charge in [-0.15, -0.1) is 0 Å². The zero-order valence-electron chi connectivity index (χ0n) is 10.4. The summed E-state index contributed by atoms with van der Waals surface area (Å²) < 4.78 is 0. The molecule has 0 aromatic rings. The fourth-order valence-electron chi connectivity index (χ4n) is 2.64. The zero-order valence-corrected chi connectivity index (χ0v) is 12.0. The number of carbonyl (C=O) groups excluding carboxylic acids is 1. The van der Waals surface area contributed by atoms with Gasteiger partial charge in [-0.1, -0.05) is 36.7 Å². The van der Waals surface area contributed by atoms with Crippen LogP contribution in [-0.4, -0.2) is 27.7 Å². The average molecular weight is 276 g/mol. The summed E-state index contributed by atoms with van der Waals surface area (Å²) in [6.07, 6.45) is 1.97. The SMILES string of the molecule is CC(C)(C)CC(C)(C)N1CCC(Br)C1=O. The van der Waals surface area contributed by atoms with E-state index in [-0.39, 0.29) is 21.7 Å². The van der Waals surface area contributed by atoms with Gasteiger partial charge in [0, 0.05) is 12.1 Å². The lowest BCUT2D eigenvalue weighted by Gasteiger charge is -2.40. The van der Waals surface area contributed by atoms with Crippen LogP contribution < -0.4 is 0 Å². The van der Waals surface area contributed by atoms with E-state index in [4.69, 9.17) is 0 Å². The summed E-state index contributed by atoms with van der Waals surface area (Å²) in [5, 5.41) is 0. The van der Waals surface area contributed by atoms with Crippen LogP contribution in [0.3, 0.4) is 0 Å². The second-order valence-corrected chi connectivity index (χ2v) is 7.40. The quantitative estimate of drug-likeness (QED) is 0.709. The van der Waals surface area contributed by atoms with Crippen molar-refractivity contribution in [3.05, 3.63) is 0 Å². The Morgan fingerprint density at radius 1 is 1.33 bits per heavy atom. The number of amides is 1. The molecule has 1 atom stereocenters. The Labute approximate surface area is 102 Å². The van der Waals surface area contributed by atoms with Crippen molar-refractivity contribution in [2.45, 2.75) is 57.8 Å². The summed E-state index contributed by atoms with van der Waals surface area (Å²) in [5.41, 5.74) is 0.228. The number of alkyl halides is 1. The van der Waals surface area contributed by atoms with Crippen LogP contribution in [-0.2, 0) is 4.79 Å². The highest BCUT2D eigenvalue weighted by Crippen LogP contribution is 2.34. The molecule has 0 aromatic carbocycles. The van der Waals surface area contributed by atoms with Crippen LogP contribution in [0.1, 0.15) is 47.5 Å². The number of likely N-dealkylation sites (tertiary alicyclic amines) is 1. The van der Waals surface area contributed by atoms with Gasteiger partial charge in [0.15, 0.2) is 0 Å². The van der Waals surface area contributed by atoms with Gasteiger partial charge in [0.25, 0.3) is 0 Å². The lowest BCUT2D eigenvalue weighted by atomic mass is 9.81. The molecule has 1 heterocycles. The van der Waals surface area contributed by atoms with Gasteiger partial charge in [0.05, 0.1) is 4.83 Å².